The van der Waals surface area contributed by atoms with Gasteiger partial charge in [0.15, 0.2) is 0 Å². The average molecular weight is 318 g/mol. The van der Waals surface area contributed by atoms with E-state index < -0.39 is 16.1 Å². The van der Waals surface area contributed by atoms with Crippen LogP contribution in [0.3, 0.4) is 0 Å². The van der Waals surface area contributed by atoms with Crippen molar-refractivity contribution < 1.29 is 18.3 Å². The lowest BCUT2D eigenvalue weighted by Crippen LogP contribution is -2.44. The molecule has 2 fully saturated rings. The van der Waals surface area contributed by atoms with E-state index in [4.69, 9.17) is 5.11 Å². The maximum atomic E-state index is 12.2. The Kier molecular flexibility index (Phi) is 5.27. The highest BCUT2D eigenvalue weighted by molar-refractivity contribution is 7.89. The van der Waals surface area contributed by atoms with Crippen molar-refractivity contribution >= 4 is 15.9 Å². The average Bonchev–Trinajstić information content (AvgIpc) is 3.13. The van der Waals surface area contributed by atoms with Gasteiger partial charge in [-0.1, -0.05) is 6.92 Å². The number of rotatable bonds is 6. The molecule has 1 aliphatic carbocycles. The van der Waals surface area contributed by atoms with Crippen LogP contribution in [0, 0.1) is 17.8 Å². The van der Waals surface area contributed by atoms with E-state index in [1.807, 2.05) is 4.90 Å². The van der Waals surface area contributed by atoms with Gasteiger partial charge in [-0.2, -0.15) is 0 Å². The lowest BCUT2D eigenvalue weighted by atomic mass is 9.99. The van der Waals surface area contributed by atoms with Crippen LogP contribution in [0.1, 0.15) is 33.1 Å². The molecule has 0 radical (unpaired) electrons. The number of aliphatic hydroxyl groups excluding tert-OH is 1. The Morgan fingerprint density at radius 3 is 2.71 bits per heavy atom. The Hall–Kier alpha value is -0.660. The molecule has 0 aromatic carbocycles. The standard InChI is InChI=1S/C14H26N2O4S/c1-10-6-13(10)14(18)16-5-3-4-12(8-16)9-21(19,20)15-7-11(2)17/h10-13,15,17H,3-9H2,1-2H3/t10-,11-,12+,13+/m0/s1. The Morgan fingerprint density at radius 2 is 2.14 bits per heavy atom. The number of aliphatic hydroxyl groups is 1. The summed E-state index contributed by atoms with van der Waals surface area (Å²) in [7, 11) is -3.39. The zero-order valence-corrected chi connectivity index (χ0v) is 13.6. The molecular formula is C14H26N2O4S. The van der Waals surface area contributed by atoms with Crippen LogP contribution in [-0.4, -0.2) is 55.8 Å². The number of hydrogen-bond acceptors (Lipinski definition) is 4. The van der Waals surface area contributed by atoms with Gasteiger partial charge in [-0.3, -0.25) is 4.79 Å². The van der Waals surface area contributed by atoms with Crippen molar-refractivity contribution in [2.45, 2.75) is 39.2 Å². The van der Waals surface area contributed by atoms with E-state index in [9.17, 15) is 13.2 Å². The topological polar surface area (TPSA) is 86.7 Å². The van der Waals surface area contributed by atoms with E-state index >= 15 is 0 Å². The Bertz CT molecular complexity index is 477. The van der Waals surface area contributed by atoms with Crippen LogP contribution in [0.25, 0.3) is 0 Å². The molecule has 2 rings (SSSR count). The van der Waals surface area contributed by atoms with Gasteiger partial charge < -0.3 is 10.0 Å². The van der Waals surface area contributed by atoms with Crippen LogP contribution < -0.4 is 4.72 Å². The molecule has 2 aliphatic rings. The summed E-state index contributed by atoms with van der Waals surface area (Å²) in [4.78, 5) is 14.1. The summed E-state index contributed by atoms with van der Waals surface area (Å²) in [6.45, 7) is 4.95. The SMILES string of the molecule is C[C@H](O)CNS(=O)(=O)C[C@@H]1CCCN(C(=O)[C@@H]2C[C@@H]2C)C1. The van der Waals surface area contributed by atoms with Crippen molar-refractivity contribution in [2.24, 2.45) is 17.8 Å². The third kappa shape index (κ3) is 4.93. The highest BCUT2D eigenvalue weighted by Crippen LogP contribution is 2.39. The zero-order chi connectivity index (χ0) is 15.6. The number of carbonyl (C=O) groups is 1. The first-order chi connectivity index (χ1) is 9.78. The minimum atomic E-state index is -3.39. The fourth-order valence-corrected chi connectivity index (χ4v) is 4.42. The van der Waals surface area contributed by atoms with Crippen LogP contribution in [0.2, 0.25) is 0 Å². The van der Waals surface area contributed by atoms with Crippen LogP contribution >= 0.6 is 0 Å². The highest BCUT2D eigenvalue weighted by atomic mass is 32.2. The van der Waals surface area contributed by atoms with Crippen molar-refractivity contribution in [1.29, 1.82) is 0 Å². The first-order valence-electron chi connectivity index (χ1n) is 7.72. The van der Waals surface area contributed by atoms with Crippen LogP contribution in [0.15, 0.2) is 0 Å². The van der Waals surface area contributed by atoms with Crippen molar-refractivity contribution in [3.8, 4) is 0 Å². The second kappa shape index (κ2) is 6.62. The molecule has 1 saturated carbocycles. The van der Waals surface area contributed by atoms with Gasteiger partial charge in [0.25, 0.3) is 0 Å². The van der Waals surface area contributed by atoms with Crippen LogP contribution in [0.5, 0.6) is 0 Å². The van der Waals surface area contributed by atoms with E-state index in [0.29, 0.717) is 12.5 Å². The number of likely N-dealkylation sites (tertiary alicyclic amines) is 1. The molecule has 0 spiro atoms. The summed E-state index contributed by atoms with van der Waals surface area (Å²) in [6.07, 6.45) is 1.97. The number of hydrogen-bond donors (Lipinski definition) is 2. The maximum Gasteiger partial charge on any atom is 0.225 e. The number of piperidine rings is 1. The molecule has 122 valence electrons. The molecule has 0 aromatic rings. The minimum absolute atomic E-state index is 0.0109. The summed E-state index contributed by atoms with van der Waals surface area (Å²) in [6, 6.07) is 0. The number of nitrogens with one attached hydrogen (secondary N) is 1. The largest absolute Gasteiger partial charge is 0.392 e. The van der Waals surface area contributed by atoms with E-state index in [0.717, 1.165) is 25.8 Å². The minimum Gasteiger partial charge on any atom is -0.392 e. The summed E-state index contributed by atoms with van der Waals surface area (Å²) < 4.78 is 26.3. The van der Waals surface area contributed by atoms with Gasteiger partial charge in [0.1, 0.15) is 0 Å². The molecule has 2 N–H and O–H groups in total. The van der Waals surface area contributed by atoms with Crippen molar-refractivity contribution in [3.05, 3.63) is 0 Å². The zero-order valence-electron chi connectivity index (χ0n) is 12.8. The quantitative estimate of drug-likeness (QED) is 0.731. The molecule has 6 nitrogen and oxygen atoms in total. The molecule has 1 amide bonds. The predicted octanol–water partition coefficient (Wildman–Crippen LogP) is 0.181. The summed E-state index contributed by atoms with van der Waals surface area (Å²) in [5.41, 5.74) is 0. The molecule has 0 bridgehead atoms. The summed E-state index contributed by atoms with van der Waals surface area (Å²) in [5.74, 6) is 0.858. The van der Waals surface area contributed by atoms with Gasteiger partial charge in [0, 0.05) is 25.6 Å². The summed E-state index contributed by atoms with van der Waals surface area (Å²) >= 11 is 0. The van der Waals surface area contributed by atoms with Crippen LogP contribution in [0.4, 0.5) is 0 Å². The van der Waals surface area contributed by atoms with Crippen molar-refractivity contribution in [1.82, 2.24) is 9.62 Å². The van der Waals surface area contributed by atoms with Gasteiger partial charge in [-0.05, 0) is 38.0 Å². The maximum absolute atomic E-state index is 12.2. The Morgan fingerprint density at radius 1 is 1.48 bits per heavy atom. The molecule has 4 atom stereocenters. The third-order valence-corrected chi connectivity index (χ3v) is 5.83. The molecule has 7 heteroatoms. The van der Waals surface area contributed by atoms with Gasteiger partial charge in [-0.15, -0.1) is 0 Å². The smallest absolute Gasteiger partial charge is 0.225 e. The second-order valence-corrected chi connectivity index (χ2v) is 8.44. The fraction of sp³-hybridized carbons (Fsp3) is 0.929. The first-order valence-corrected chi connectivity index (χ1v) is 9.38. The molecule has 21 heavy (non-hydrogen) atoms. The lowest BCUT2D eigenvalue weighted by molar-refractivity contribution is -0.134. The van der Waals surface area contributed by atoms with Gasteiger partial charge >= 0.3 is 0 Å². The number of nitrogens with zero attached hydrogens (tertiary/aromatic N) is 1. The number of sulfonamides is 1. The van der Waals surface area contributed by atoms with Gasteiger partial charge in [-0.25, -0.2) is 13.1 Å². The predicted molar refractivity (Wildman–Crippen MR) is 80.0 cm³/mol. The molecule has 1 aliphatic heterocycles. The second-order valence-electron chi connectivity index (χ2n) is 6.59. The first kappa shape index (κ1) is 16.7. The molecule has 1 heterocycles. The Labute approximate surface area is 126 Å². The highest BCUT2D eigenvalue weighted by Gasteiger charge is 2.42. The normalized spacial score (nSPS) is 31.0. The molecule has 0 aromatic heterocycles. The lowest BCUT2D eigenvalue weighted by Gasteiger charge is -2.33. The van der Waals surface area contributed by atoms with E-state index in [-0.39, 0.29) is 30.0 Å². The summed E-state index contributed by atoms with van der Waals surface area (Å²) in [5, 5.41) is 9.15. The van der Waals surface area contributed by atoms with Gasteiger partial charge in [0.2, 0.25) is 15.9 Å². The fourth-order valence-electron chi connectivity index (χ4n) is 2.92. The molecule has 0 unspecified atom stereocenters. The third-order valence-electron chi connectivity index (χ3n) is 4.31. The van der Waals surface area contributed by atoms with E-state index in [2.05, 4.69) is 11.6 Å². The van der Waals surface area contributed by atoms with Gasteiger partial charge in [0.05, 0.1) is 11.9 Å². The van der Waals surface area contributed by atoms with E-state index in [1.54, 1.807) is 6.92 Å². The molecular weight excluding hydrogens is 292 g/mol. The number of carbonyl (C=O) groups excluding carboxylic acids is 1. The van der Waals surface area contributed by atoms with Crippen molar-refractivity contribution in [2.75, 3.05) is 25.4 Å². The van der Waals surface area contributed by atoms with Crippen molar-refractivity contribution in [3.63, 3.8) is 0 Å². The number of amides is 1. The molecule has 1 saturated heterocycles. The van der Waals surface area contributed by atoms with Crippen LogP contribution in [-0.2, 0) is 14.8 Å². The van der Waals surface area contributed by atoms with E-state index in [1.165, 1.54) is 0 Å². The monoisotopic (exact) mass is 318 g/mol. The Balaban J connectivity index is 1.85.